The van der Waals surface area contributed by atoms with Crippen LogP contribution >= 0.6 is 0 Å². The van der Waals surface area contributed by atoms with Crippen molar-refractivity contribution in [2.75, 3.05) is 52.4 Å². The smallest absolute Gasteiger partial charge is 0.191 e. The molecule has 0 aromatic heterocycles. The average molecular weight is 390 g/mol. The minimum atomic E-state index is 0.0597. The lowest BCUT2D eigenvalue weighted by Crippen LogP contribution is -2.50. The van der Waals surface area contributed by atoms with Crippen molar-refractivity contribution >= 4 is 5.96 Å². The van der Waals surface area contributed by atoms with Gasteiger partial charge in [-0.3, -0.25) is 9.89 Å². The third-order valence-corrected chi connectivity index (χ3v) is 5.31. The second kappa shape index (κ2) is 11.9. The summed E-state index contributed by atoms with van der Waals surface area (Å²) in [5.74, 6) is 1.81. The maximum absolute atomic E-state index is 6.06. The molecule has 0 saturated carbocycles. The van der Waals surface area contributed by atoms with Crippen molar-refractivity contribution in [3.8, 4) is 5.75 Å². The molecule has 28 heavy (non-hydrogen) atoms. The fraction of sp³-hybridized carbons (Fsp3) is 0.682. The predicted molar refractivity (Wildman–Crippen MR) is 118 cm³/mol. The van der Waals surface area contributed by atoms with Crippen molar-refractivity contribution in [2.45, 2.75) is 46.8 Å². The van der Waals surface area contributed by atoms with Crippen LogP contribution in [0, 0.1) is 6.92 Å². The van der Waals surface area contributed by atoms with Crippen molar-refractivity contribution in [1.82, 2.24) is 20.4 Å². The molecule has 1 aromatic rings. The summed E-state index contributed by atoms with van der Waals surface area (Å²) in [4.78, 5) is 9.86. The largest absolute Gasteiger partial charge is 0.489 e. The Bertz CT molecular complexity index is 598. The van der Waals surface area contributed by atoms with Crippen molar-refractivity contribution in [1.29, 1.82) is 0 Å². The van der Waals surface area contributed by atoms with Gasteiger partial charge in [0.2, 0.25) is 0 Å². The molecule has 2 unspecified atom stereocenters. The number of guanidine groups is 1. The molecule has 0 amide bonds. The van der Waals surface area contributed by atoms with Crippen molar-refractivity contribution in [2.24, 2.45) is 4.99 Å². The monoisotopic (exact) mass is 389 g/mol. The summed E-state index contributed by atoms with van der Waals surface area (Å²) >= 11 is 0. The number of ether oxygens (including phenoxy) is 1. The minimum Gasteiger partial charge on any atom is -0.489 e. The Morgan fingerprint density at radius 1 is 1.11 bits per heavy atom. The summed E-state index contributed by atoms with van der Waals surface area (Å²) in [5.41, 5.74) is 1.16. The molecule has 6 nitrogen and oxygen atoms in total. The first-order chi connectivity index (χ1) is 13.5. The van der Waals surface area contributed by atoms with Gasteiger partial charge in [0.25, 0.3) is 0 Å². The first-order valence-electron chi connectivity index (χ1n) is 10.7. The Morgan fingerprint density at radius 2 is 1.82 bits per heavy atom. The molecule has 1 saturated heterocycles. The molecule has 0 aliphatic carbocycles. The number of nitrogens with zero attached hydrogens (tertiary/aromatic N) is 3. The van der Waals surface area contributed by atoms with Crippen LogP contribution in [0.3, 0.4) is 0 Å². The van der Waals surface area contributed by atoms with E-state index in [9.17, 15) is 0 Å². The van der Waals surface area contributed by atoms with Crippen LogP contribution < -0.4 is 15.4 Å². The van der Waals surface area contributed by atoms with Gasteiger partial charge in [-0.1, -0.05) is 25.1 Å². The number of para-hydroxylation sites is 1. The third kappa shape index (κ3) is 7.32. The Hall–Kier alpha value is -1.79. The Kier molecular flexibility index (Phi) is 9.58. The summed E-state index contributed by atoms with van der Waals surface area (Å²) < 4.78 is 6.06. The van der Waals surface area contributed by atoms with Gasteiger partial charge in [-0.15, -0.1) is 0 Å². The zero-order valence-corrected chi connectivity index (χ0v) is 18.4. The summed E-state index contributed by atoms with van der Waals surface area (Å²) in [6.07, 6.45) is 0.0597. The molecule has 1 fully saturated rings. The quantitative estimate of drug-likeness (QED) is 0.502. The molecular formula is C22H39N5O. The van der Waals surface area contributed by atoms with Crippen LogP contribution in [0.2, 0.25) is 0 Å². The van der Waals surface area contributed by atoms with Crippen LogP contribution in [0.25, 0.3) is 0 Å². The van der Waals surface area contributed by atoms with E-state index in [4.69, 9.17) is 9.73 Å². The van der Waals surface area contributed by atoms with Gasteiger partial charge in [-0.05, 0) is 45.9 Å². The normalized spacial score (nSPS) is 18.5. The first kappa shape index (κ1) is 22.5. The van der Waals surface area contributed by atoms with Crippen molar-refractivity contribution in [3.05, 3.63) is 29.8 Å². The number of piperazine rings is 1. The zero-order valence-electron chi connectivity index (χ0n) is 18.4. The van der Waals surface area contributed by atoms with Gasteiger partial charge in [0.1, 0.15) is 11.9 Å². The Balaban J connectivity index is 1.80. The lowest BCUT2D eigenvalue weighted by molar-refractivity contribution is 0.109. The number of aryl methyl sites for hydroxylation is 1. The molecule has 1 aliphatic rings. The topological polar surface area (TPSA) is 52.1 Å². The third-order valence-electron chi connectivity index (χ3n) is 5.31. The molecule has 0 bridgehead atoms. The summed E-state index contributed by atoms with van der Waals surface area (Å²) in [7, 11) is 0. The number of benzene rings is 1. The van der Waals surface area contributed by atoms with Gasteiger partial charge in [-0.2, -0.15) is 0 Å². The van der Waals surface area contributed by atoms with Gasteiger partial charge in [0.05, 0.1) is 13.1 Å². The number of rotatable bonds is 9. The molecule has 2 atom stereocenters. The van der Waals surface area contributed by atoms with Crippen LogP contribution in [-0.4, -0.2) is 80.3 Å². The molecule has 0 radical (unpaired) electrons. The second-order valence-corrected chi connectivity index (χ2v) is 7.61. The standard InChI is InChI=1S/C22H39N5O/c1-6-23-22(24-16-19(4)27-14-12-26(7-2)13-15-27)25-17-20(5)28-21-11-9-8-10-18(21)3/h8-11,19-20H,6-7,12-17H2,1-5H3,(H2,23,24,25). The highest BCUT2D eigenvalue weighted by atomic mass is 16.5. The highest BCUT2D eigenvalue weighted by molar-refractivity contribution is 5.79. The molecule has 1 aliphatic heterocycles. The van der Waals surface area contributed by atoms with E-state index < -0.39 is 0 Å². The maximum atomic E-state index is 6.06. The van der Waals surface area contributed by atoms with E-state index in [-0.39, 0.29) is 6.10 Å². The van der Waals surface area contributed by atoms with Crippen LogP contribution in [0.4, 0.5) is 0 Å². The van der Waals surface area contributed by atoms with E-state index in [0.29, 0.717) is 12.6 Å². The van der Waals surface area contributed by atoms with Crippen LogP contribution in [0.5, 0.6) is 5.75 Å². The van der Waals surface area contributed by atoms with Crippen LogP contribution in [0.15, 0.2) is 29.3 Å². The van der Waals surface area contributed by atoms with E-state index >= 15 is 0 Å². The van der Waals surface area contributed by atoms with Gasteiger partial charge in [-0.25, -0.2) is 0 Å². The number of hydrogen-bond donors (Lipinski definition) is 2. The van der Waals surface area contributed by atoms with E-state index in [0.717, 1.165) is 63.1 Å². The fourth-order valence-electron chi connectivity index (χ4n) is 3.39. The van der Waals surface area contributed by atoms with Gasteiger partial charge in [0.15, 0.2) is 5.96 Å². The lowest BCUT2D eigenvalue weighted by Gasteiger charge is -2.37. The highest BCUT2D eigenvalue weighted by Gasteiger charge is 2.20. The number of likely N-dealkylation sites (N-methyl/N-ethyl adjacent to an activating group) is 1. The molecule has 158 valence electrons. The second-order valence-electron chi connectivity index (χ2n) is 7.61. The molecule has 1 heterocycles. The molecule has 6 heteroatoms. The summed E-state index contributed by atoms with van der Waals surface area (Å²) in [6, 6.07) is 8.59. The zero-order chi connectivity index (χ0) is 20.4. The van der Waals surface area contributed by atoms with Crippen molar-refractivity contribution in [3.63, 3.8) is 0 Å². The minimum absolute atomic E-state index is 0.0597. The molecular weight excluding hydrogens is 350 g/mol. The molecule has 2 N–H and O–H groups in total. The molecule has 0 spiro atoms. The van der Waals surface area contributed by atoms with E-state index in [2.05, 4.69) is 61.1 Å². The van der Waals surface area contributed by atoms with Crippen molar-refractivity contribution < 1.29 is 4.74 Å². The Labute approximate surface area is 171 Å². The van der Waals surface area contributed by atoms with Gasteiger partial charge in [0, 0.05) is 38.8 Å². The highest BCUT2D eigenvalue weighted by Crippen LogP contribution is 2.17. The number of hydrogen-bond acceptors (Lipinski definition) is 4. The molecule has 2 rings (SSSR count). The lowest BCUT2D eigenvalue weighted by atomic mass is 10.2. The predicted octanol–water partition coefficient (Wildman–Crippen LogP) is 2.34. The fourth-order valence-corrected chi connectivity index (χ4v) is 3.39. The first-order valence-corrected chi connectivity index (χ1v) is 10.7. The van der Waals surface area contributed by atoms with Gasteiger partial charge < -0.3 is 20.3 Å². The van der Waals surface area contributed by atoms with E-state index in [1.807, 2.05) is 18.2 Å². The van der Waals surface area contributed by atoms with Gasteiger partial charge >= 0.3 is 0 Å². The number of aliphatic imine (C=N–C) groups is 1. The summed E-state index contributed by atoms with van der Waals surface area (Å²) in [5, 5.41) is 6.77. The Morgan fingerprint density at radius 3 is 2.46 bits per heavy atom. The summed E-state index contributed by atoms with van der Waals surface area (Å²) in [6.45, 7) is 18.9. The average Bonchev–Trinajstić information content (AvgIpc) is 2.71. The number of nitrogens with one attached hydrogen (secondary N) is 2. The maximum Gasteiger partial charge on any atom is 0.191 e. The van der Waals surface area contributed by atoms with E-state index in [1.165, 1.54) is 0 Å². The van der Waals surface area contributed by atoms with E-state index in [1.54, 1.807) is 0 Å². The van der Waals surface area contributed by atoms with Crippen LogP contribution in [0.1, 0.15) is 33.3 Å². The SMILES string of the molecule is CCNC(=NCC(C)N1CCN(CC)CC1)NCC(C)Oc1ccccc1C. The van der Waals surface area contributed by atoms with Crippen LogP contribution in [-0.2, 0) is 0 Å². The molecule has 1 aromatic carbocycles.